The first-order chi connectivity index (χ1) is 14.6. The van der Waals surface area contributed by atoms with Gasteiger partial charge in [-0.25, -0.2) is 4.79 Å². The van der Waals surface area contributed by atoms with E-state index in [4.69, 9.17) is 14.0 Å². The Bertz CT molecular complexity index is 880. The number of rotatable bonds is 2. The summed E-state index contributed by atoms with van der Waals surface area (Å²) in [5, 5.41) is 0. The number of carbonyl (C=O) groups is 2. The summed E-state index contributed by atoms with van der Waals surface area (Å²) in [7, 11) is -0.582. The molecule has 1 atom stereocenters. The molecule has 2 aliphatic rings. The van der Waals surface area contributed by atoms with Crippen molar-refractivity contribution in [2.24, 2.45) is 0 Å². The van der Waals surface area contributed by atoms with Crippen molar-refractivity contribution < 1.29 is 23.6 Å². The fourth-order valence-corrected chi connectivity index (χ4v) is 3.78. The van der Waals surface area contributed by atoms with E-state index >= 15 is 0 Å². The Balaban J connectivity index is 1.75. The zero-order valence-electron chi connectivity index (χ0n) is 20.8. The maximum Gasteiger partial charge on any atom is 0.496 e. The first-order valence-corrected chi connectivity index (χ1v) is 11.2. The van der Waals surface area contributed by atoms with Crippen LogP contribution in [0.4, 0.5) is 4.79 Å². The lowest BCUT2D eigenvalue weighted by molar-refractivity contribution is 0.00578. The summed E-state index contributed by atoms with van der Waals surface area (Å²) in [6.45, 7) is 18.5. The van der Waals surface area contributed by atoms with Crippen LogP contribution in [0.3, 0.4) is 0 Å². The Labute approximate surface area is 191 Å². The molecule has 2 saturated heterocycles. The van der Waals surface area contributed by atoms with E-state index in [-0.39, 0.29) is 18.0 Å². The highest BCUT2D eigenvalue weighted by atomic mass is 16.7. The number of amides is 2. The lowest BCUT2D eigenvalue weighted by Crippen LogP contribution is -2.56. The fourth-order valence-electron chi connectivity index (χ4n) is 3.78. The molecule has 3 heterocycles. The third-order valence-electron chi connectivity index (χ3n) is 6.40. The van der Waals surface area contributed by atoms with Crippen molar-refractivity contribution in [3.8, 4) is 0 Å². The molecule has 1 aromatic heterocycles. The second kappa shape index (κ2) is 8.34. The van der Waals surface area contributed by atoms with Crippen molar-refractivity contribution in [3.05, 3.63) is 23.5 Å². The Morgan fingerprint density at radius 3 is 2.28 bits per heavy atom. The predicted molar refractivity (Wildman–Crippen MR) is 123 cm³/mol. The Hall–Kier alpha value is -2.13. The molecule has 176 valence electrons. The second-order valence-electron chi connectivity index (χ2n) is 10.8. The quantitative estimate of drug-likeness (QED) is 0.652. The van der Waals surface area contributed by atoms with Crippen LogP contribution in [0.25, 0.3) is 0 Å². The van der Waals surface area contributed by atoms with Gasteiger partial charge in [-0.1, -0.05) is 0 Å². The highest BCUT2D eigenvalue weighted by Gasteiger charge is 2.52. The van der Waals surface area contributed by atoms with Crippen LogP contribution in [0.15, 0.2) is 12.3 Å². The monoisotopic (exact) mass is 445 g/mol. The van der Waals surface area contributed by atoms with Crippen molar-refractivity contribution in [3.63, 3.8) is 0 Å². The summed E-state index contributed by atoms with van der Waals surface area (Å²) in [5.41, 5.74) is 0.395. The molecule has 2 fully saturated rings. The van der Waals surface area contributed by atoms with Gasteiger partial charge in [-0.2, -0.15) is 0 Å². The van der Waals surface area contributed by atoms with E-state index in [1.807, 2.05) is 68.4 Å². The summed E-state index contributed by atoms with van der Waals surface area (Å²) in [5.74, 6) is -0.107. The number of carbonyl (C=O) groups excluding carboxylic acids is 2. The minimum absolute atomic E-state index is 0.107. The molecular formula is C23H36BN3O5. The van der Waals surface area contributed by atoms with E-state index in [0.29, 0.717) is 30.9 Å². The van der Waals surface area contributed by atoms with Gasteiger partial charge in [0.15, 0.2) is 0 Å². The van der Waals surface area contributed by atoms with Gasteiger partial charge in [0.2, 0.25) is 0 Å². The fraction of sp³-hybridized carbons (Fsp3) is 0.696. The van der Waals surface area contributed by atoms with Gasteiger partial charge in [-0.3, -0.25) is 9.78 Å². The molecule has 3 rings (SSSR count). The van der Waals surface area contributed by atoms with Gasteiger partial charge in [-0.15, -0.1) is 0 Å². The van der Waals surface area contributed by atoms with E-state index in [1.165, 1.54) is 0 Å². The zero-order chi connectivity index (χ0) is 24.1. The van der Waals surface area contributed by atoms with Crippen LogP contribution < -0.4 is 5.46 Å². The van der Waals surface area contributed by atoms with Crippen LogP contribution in [0.1, 0.15) is 71.4 Å². The molecule has 9 heteroatoms. The van der Waals surface area contributed by atoms with Gasteiger partial charge >= 0.3 is 13.2 Å². The van der Waals surface area contributed by atoms with Crippen LogP contribution in [0.2, 0.25) is 0 Å². The Morgan fingerprint density at radius 1 is 1.16 bits per heavy atom. The number of pyridine rings is 1. The van der Waals surface area contributed by atoms with Crippen LogP contribution in [0, 0.1) is 6.92 Å². The van der Waals surface area contributed by atoms with E-state index < -0.39 is 23.9 Å². The summed E-state index contributed by atoms with van der Waals surface area (Å²) in [6, 6.07) is 1.67. The van der Waals surface area contributed by atoms with E-state index in [0.717, 1.165) is 5.46 Å². The minimum atomic E-state index is -0.582. The van der Waals surface area contributed by atoms with E-state index in [9.17, 15) is 9.59 Å². The van der Waals surface area contributed by atoms with Crippen LogP contribution in [-0.4, -0.2) is 76.4 Å². The predicted octanol–water partition coefficient (Wildman–Crippen LogP) is 2.77. The van der Waals surface area contributed by atoms with E-state index in [2.05, 4.69) is 4.98 Å². The highest BCUT2D eigenvalue weighted by Crippen LogP contribution is 2.36. The number of hydrogen-bond acceptors (Lipinski definition) is 6. The van der Waals surface area contributed by atoms with E-state index in [1.54, 1.807) is 16.0 Å². The molecule has 0 spiro atoms. The molecule has 0 saturated carbocycles. The van der Waals surface area contributed by atoms with Crippen molar-refractivity contribution in [1.29, 1.82) is 0 Å². The average molecular weight is 445 g/mol. The molecule has 0 aromatic carbocycles. The number of aryl methyl sites for hydroxylation is 1. The molecule has 0 bridgehead atoms. The third-order valence-corrected chi connectivity index (χ3v) is 6.40. The van der Waals surface area contributed by atoms with Gasteiger partial charge in [0.1, 0.15) is 5.60 Å². The number of nitrogens with zero attached hydrogens (tertiary/aromatic N) is 3. The van der Waals surface area contributed by atoms with Gasteiger partial charge in [0.05, 0.1) is 16.8 Å². The molecule has 0 radical (unpaired) electrons. The van der Waals surface area contributed by atoms with Crippen LogP contribution in [0.5, 0.6) is 0 Å². The largest absolute Gasteiger partial charge is 0.496 e. The Morgan fingerprint density at radius 2 is 1.75 bits per heavy atom. The molecule has 0 N–H and O–H groups in total. The molecule has 0 unspecified atom stereocenters. The molecule has 2 amide bonds. The van der Waals surface area contributed by atoms with Gasteiger partial charge < -0.3 is 23.8 Å². The molecule has 32 heavy (non-hydrogen) atoms. The van der Waals surface area contributed by atoms with Crippen LogP contribution >= 0.6 is 0 Å². The minimum Gasteiger partial charge on any atom is -0.444 e. The van der Waals surface area contributed by atoms with Crippen molar-refractivity contribution in [2.45, 2.75) is 85.2 Å². The average Bonchev–Trinajstić information content (AvgIpc) is 2.87. The molecular weight excluding hydrogens is 409 g/mol. The summed E-state index contributed by atoms with van der Waals surface area (Å²) in [4.78, 5) is 33.7. The lowest BCUT2D eigenvalue weighted by atomic mass is 9.79. The first kappa shape index (κ1) is 24.5. The van der Waals surface area contributed by atoms with Crippen molar-refractivity contribution >= 4 is 24.6 Å². The first-order valence-electron chi connectivity index (χ1n) is 11.2. The topological polar surface area (TPSA) is 81.2 Å². The smallest absolute Gasteiger partial charge is 0.444 e. The SMILES string of the molecule is Cc1ncc(B2OC(C)(C)C(C)(C)O2)cc1C(=O)N1CCN(C(=O)OC(C)(C)C)C[C@@H]1C. The summed E-state index contributed by atoms with van der Waals surface area (Å²) >= 11 is 0. The van der Waals surface area contributed by atoms with Crippen molar-refractivity contribution in [2.75, 3.05) is 19.6 Å². The number of piperazine rings is 1. The Kier molecular flexibility index (Phi) is 6.39. The summed E-state index contributed by atoms with van der Waals surface area (Å²) in [6.07, 6.45) is 1.36. The van der Waals surface area contributed by atoms with Crippen molar-refractivity contribution in [1.82, 2.24) is 14.8 Å². The number of hydrogen-bond donors (Lipinski definition) is 0. The normalized spacial score (nSPS) is 22.8. The second-order valence-corrected chi connectivity index (χ2v) is 10.8. The molecule has 1 aromatic rings. The zero-order valence-corrected chi connectivity index (χ0v) is 20.8. The number of ether oxygens (including phenoxy) is 1. The number of aromatic nitrogens is 1. The van der Waals surface area contributed by atoms with Gasteiger partial charge in [0.25, 0.3) is 5.91 Å². The molecule has 2 aliphatic heterocycles. The maximum atomic E-state index is 13.4. The highest BCUT2D eigenvalue weighted by molar-refractivity contribution is 6.62. The molecule has 0 aliphatic carbocycles. The lowest BCUT2D eigenvalue weighted by Gasteiger charge is -2.40. The van der Waals surface area contributed by atoms with Gasteiger partial charge in [-0.05, 0) is 68.4 Å². The standard InChI is InChI=1S/C23H36BN3O5/c1-15-14-26(20(29)30-21(3,4)5)10-11-27(15)19(28)18-12-17(13-25-16(18)2)24-31-22(6,7)23(8,9)32-24/h12-13,15H,10-11,14H2,1-9H3/t15-/m0/s1. The third kappa shape index (κ3) is 4.93. The summed E-state index contributed by atoms with van der Waals surface area (Å²) < 4.78 is 17.7. The van der Waals surface area contributed by atoms with Crippen LogP contribution in [-0.2, 0) is 14.0 Å². The molecule has 8 nitrogen and oxygen atoms in total. The maximum absolute atomic E-state index is 13.4. The van der Waals surface area contributed by atoms with Gasteiger partial charge in [0, 0.05) is 43.0 Å².